The van der Waals surface area contributed by atoms with Crippen LogP contribution in [0.1, 0.15) is 17.0 Å². The third kappa shape index (κ3) is 3.19. The first-order valence-electron chi connectivity index (χ1n) is 7.26. The molecule has 1 aliphatic carbocycles. The van der Waals surface area contributed by atoms with E-state index in [0.29, 0.717) is 6.61 Å². The van der Waals surface area contributed by atoms with Gasteiger partial charge in [0.25, 0.3) is 0 Å². The summed E-state index contributed by atoms with van der Waals surface area (Å²) in [6.45, 7) is 3.61. The van der Waals surface area contributed by atoms with E-state index in [9.17, 15) is 4.79 Å². The maximum atomic E-state index is 10.4. The van der Waals surface area contributed by atoms with Crippen molar-refractivity contribution in [2.75, 3.05) is 13.2 Å². The van der Waals surface area contributed by atoms with Crippen LogP contribution in [0.5, 0.6) is 0 Å². The SMILES string of the molecule is C=C(NOCC(=O)O)OCC1c2ccccc2-c2ccccc21. The molecule has 2 N–H and O–H groups in total. The lowest BCUT2D eigenvalue weighted by molar-refractivity contribution is -0.145. The number of benzene rings is 2. The topological polar surface area (TPSA) is 67.8 Å². The highest BCUT2D eigenvalue weighted by Gasteiger charge is 2.28. The summed E-state index contributed by atoms with van der Waals surface area (Å²) >= 11 is 0. The number of ether oxygens (including phenoxy) is 1. The summed E-state index contributed by atoms with van der Waals surface area (Å²) in [6, 6.07) is 16.5. The molecular weight excluding hydrogens is 294 g/mol. The van der Waals surface area contributed by atoms with E-state index in [-0.39, 0.29) is 11.8 Å². The normalized spacial score (nSPS) is 12.3. The summed E-state index contributed by atoms with van der Waals surface area (Å²) < 4.78 is 5.60. The lowest BCUT2D eigenvalue weighted by Crippen LogP contribution is -2.21. The zero-order valence-electron chi connectivity index (χ0n) is 12.5. The smallest absolute Gasteiger partial charge is 0.332 e. The molecule has 0 bridgehead atoms. The van der Waals surface area contributed by atoms with Crippen molar-refractivity contribution >= 4 is 5.97 Å². The molecule has 0 saturated heterocycles. The van der Waals surface area contributed by atoms with Crippen LogP contribution in [0.15, 0.2) is 61.0 Å². The van der Waals surface area contributed by atoms with E-state index >= 15 is 0 Å². The number of nitrogens with one attached hydrogen (secondary N) is 1. The molecule has 0 heterocycles. The van der Waals surface area contributed by atoms with E-state index in [4.69, 9.17) is 14.7 Å². The summed E-state index contributed by atoms with van der Waals surface area (Å²) in [5.41, 5.74) is 7.26. The maximum Gasteiger partial charge on any atom is 0.332 e. The van der Waals surface area contributed by atoms with Gasteiger partial charge in [0.2, 0.25) is 5.88 Å². The summed E-state index contributed by atoms with van der Waals surface area (Å²) in [7, 11) is 0. The standard InChI is InChI=1S/C18H17NO4/c1-12(19-23-11-18(20)21)22-10-17-15-8-4-2-6-13(15)14-7-3-5-9-16(14)17/h2-9,17,19H,1,10-11H2,(H,20,21). The minimum absolute atomic E-state index is 0.112. The van der Waals surface area contributed by atoms with Gasteiger partial charge in [-0.05, 0) is 28.8 Å². The zero-order valence-corrected chi connectivity index (χ0v) is 12.5. The Kier molecular flexibility index (Phi) is 4.30. The van der Waals surface area contributed by atoms with Crippen LogP contribution < -0.4 is 5.48 Å². The third-order valence-electron chi connectivity index (χ3n) is 3.77. The van der Waals surface area contributed by atoms with Gasteiger partial charge in [0.1, 0.15) is 6.61 Å². The van der Waals surface area contributed by atoms with Crippen molar-refractivity contribution in [3.8, 4) is 11.1 Å². The molecule has 0 fully saturated rings. The molecule has 0 aromatic heterocycles. The van der Waals surface area contributed by atoms with Crippen molar-refractivity contribution in [2.24, 2.45) is 0 Å². The average Bonchev–Trinajstić information content (AvgIpc) is 2.87. The summed E-state index contributed by atoms with van der Waals surface area (Å²) in [6.07, 6.45) is 0. The molecule has 5 nitrogen and oxygen atoms in total. The minimum atomic E-state index is -1.07. The predicted molar refractivity (Wildman–Crippen MR) is 85.5 cm³/mol. The molecule has 5 heteroatoms. The molecule has 0 aliphatic heterocycles. The molecule has 23 heavy (non-hydrogen) atoms. The van der Waals surface area contributed by atoms with E-state index in [1.807, 2.05) is 24.3 Å². The van der Waals surface area contributed by atoms with Gasteiger partial charge in [-0.15, -0.1) is 0 Å². The van der Waals surface area contributed by atoms with Crippen LogP contribution in [0.25, 0.3) is 11.1 Å². The van der Waals surface area contributed by atoms with Gasteiger partial charge in [-0.25, -0.2) is 10.3 Å². The Labute approximate surface area is 134 Å². The fourth-order valence-corrected chi connectivity index (χ4v) is 2.83. The monoisotopic (exact) mass is 311 g/mol. The van der Waals surface area contributed by atoms with Crippen LogP contribution in [0, 0.1) is 0 Å². The quantitative estimate of drug-likeness (QED) is 0.608. The second kappa shape index (κ2) is 6.54. The van der Waals surface area contributed by atoms with Crippen molar-refractivity contribution < 1.29 is 19.5 Å². The van der Waals surface area contributed by atoms with Crippen LogP contribution in [-0.2, 0) is 14.4 Å². The zero-order chi connectivity index (χ0) is 16.2. The Balaban J connectivity index is 1.69. The highest BCUT2D eigenvalue weighted by Crippen LogP contribution is 2.44. The number of hydrogen-bond acceptors (Lipinski definition) is 4. The molecule has 0 spiro atoms. The van der Waals surface area contributed by atoms with Crippen molar-refractivity contribution in [1.29, 1.82) is 0 Å². The van der Waals surface area contributed by atoms with Crippen molar-refractivity contribution in [2.45, 2.75) is 5.92 Å². The summed E-state index contributed by atoms with van der Waals surface area (Å²) in [5.74, 6) is -0.766. The Morgan fingerprint density at radius 1 is 1.09 bits per heavy atom. The lowest BCUT2D eigenvalue weighted by atomic mass is 9.98. The van der Waals surface area contributed by atoms with Gasteiger partial charge in [0, 0.05) is 5.92 Å². The third-order valence-corrected chi connectivity index (χ3v) is 3.77. The Morgan fingerprint density at radius 3 is 2.22 bits per heavy atom. The summed E-state index contributed by atoms with van der Waals surface area (Å²) in [4.78, 5) is 15.1. The average molecular weight is 311 g/mol. The maximum absolute atomic E-state index is 10.4. The van der Waals surface area contributed by atoms with E-state index in [1.165, 1.54) is 22.3 Å². The first-order valence-corrected chi connectivity index (χ1v) is 7.26. The number of hydroxylamine groups is 1. The molecule has 0 radical (unpaired) electrons. The van der Waals surface area contributed by atoms with Crippen molar-refractivity contribution in [1.82, 2.24) is 5.48 Å². The minimum Gasteiger partial charge on any atom is -0.479 e. The first-order chi connectivity index (χ1) is 11.2. The first kappa shape index (κ1) is 15.1. The van der Waals surface area contributed by atoms with Gasteiger partial charge in [0.15, 0.2) is 6.61 Å². The largest absolute Gasteiger partial charge is 0.479 e. The molecule has 0 atom stereocenters. The molecule has 2 aromatic rings. The number of rotatable bonds is 7. The van der Waals surface area contributed by atoms with Gasteiger partial charge < -0.3 is 9.84 Å². The van der Waals surface area contributed by atoms with Crippen LogP contribution >= 0.6 is 0 Å². The van der Waals surface area contributed by atoms with E-state index in [2.05, 4.69) is 36.3 Å². The second-order valence-electron chi connectivity index (χ2n) is 5.25. The molecule has 3 rings (SSSR count). The highest BCUT2D eigenvalue weighted by atomic mass is 16.7. The van der Waals surface area contributed by atoms with E-state index in [0.717, 1.165) is 0 Å². The van der Waals surface area contributed by atoms with Crippen LogP contribution in [0.2, 0.25) is 0 Å². The molecule has 0 amide bonds. The van der Waals surface area contributed by atoms with E-state index < -0.39 is 12.6 Å². The Bertz CT molecular complexity index is 696. The molecule has 0 saturated carbocycles. The number of carboxylic acid groups (broad SMARTS) is 1. The fraction of sp³-hybridized carbons (Fsp3) is 0.167. The van der Waals surface area contributed by atoms with Gasteiger partial charge in [-0.2, -0.15) is 0 Å². The Hall–Kier alpha value is -2.79. The van der Waals surface area contributed by atoms with Crippen molar-refractivity contribution in [3.63, 3.8) is 0 Å². The summed E-state index contributed by atoms with van der Waals surface area (Å²) in [5, 5.41) is 8.51. The molecule has 0 unspecified atom stereocenters. The number of carboxylic acids is 1. The van der Waals surface area contributed by atoms with Crippen LogP contribution in [0.3, 0.4) is 0 Å². The Morgan fingerprint density at radius 2 is 1.65 bits per heavy atom. The van der Waals surface area contributed by atoms with E-state index in [1.54, 1.807) is 0 Å². The number of hydrogen-bond donors (Lipinski definition) is 2. The second-order valence-corrected chi connectivity index (χ2v) is 5.25. The highest BCUT2D eigenvalue weighted by molar-refractivity contribution is 5.78. The predicted octanol–water partition coefficient (Wildman–Crippen LogP) is 2.89. The van der Waals surface area contributed by atoms with Gasteiger partial charge >= 0.3 is 5.97 Å². The number of carbonyl (C=O) groups is 1. The lowest BCUT2D eigenvalue weighted by Gasteiger charge is -2.16. The number of aliphatic carboxylic acids is 1. The number of fused-ring (bicyclic) bond motifs is 3. The van der Waals surface area contributed by atoms with Crippen LogP contribution in [0.4, 0.5) is 0 Å². The van der Waals surface area contributed by atoms with Crippen LogP contribution in [-0.4, -0.2) is 24.3 Å². The van der Waals surface area contributed by atoms with Crippen molar-refractivity contribution in [3.05, 3.63) is 72.1 Å². The van der Waals surface area contributed by atoms with Gasteiger partial charge in [-0.1, -0.05) is 48.5 Å². The molecular formula is C18H17NO4. The molecule has 2 aromatic carbocycles. The fourth-order valence-electron chi connectivity index (χ4n) is 2.83. The van der Waals surface area contributed by atoms with Gasteiger partial charge in [-0.3, -0.25) is 4.84 Å². The molecule has 118 valence electrons. The van der Waals surface area contributed by atoms with Gasteiger partial charge in [0.05, 0.1) is 0 Å². The molecule has 1 aliphatic rings.